The van der Waals surface area contributed by atoms with Crippen molar-refractivity contribution in [3.63, 3.8) is 0 Å². The van der Waals surface area contributed by atoms with Gasteiger partial charge in [0.15, 0.2) is 40.5 Å². The van der Waals surface area contributed by atoms with Crippen LogP contribution in [0, 0.1) is 0 Å². The molecule has 300 valence electrons. The molecular weight excluding hydrogens is 789 g/mol. The van der Waals surface area contributed by atoms with E-state index in [0.717, 1.165) is 77.8 Å². The Hall–Kier alpha value is -8.95. The molecule has 0 amide bonds. The topological polar surface area (TPSA) is 108 Å². The monoisotopic (exact) mass is 822 g/mol. The maximum atomic E-state index is 6.30. The molecule has 9 heteroatoms. The van der Waals surface area contributed by atoms with Crippen LogP contribution in [0.25, 0.3) is 119 Å². The van der Waals surface area contributed by atoms with Gasteiger partial charge in [0.2, 0.25) is 0 Å². The van der Waals surface area contributed by atoms with E-state index in [-0.39, 0.29) is 0 Å². The third kappa shape index (κ3) is 6.83. The third-order valence-corrected chi connectivity index (χ3v) is 11.4. The van der Waals surface area contributed by atoms with Crippen molar-refractivity contribution >= 4 is 28.0 Å². The van der Waals surface area contributed by atoms with Gasteiger partial charge < -0.3 is 4.42 Å². The lowest BCUT2D eigenvalue weighted by molar-refractivity contribution is 0.643. The number of benzene rings is 8. The summed E-state index contributed by atoms with van der Waals surface area (Å²) in [6.07, 6.45) is 0. The summed E-state index contributed by atoms with van der Waals surface area (Å²) in [6, 6.07) is 69.3. The van der Waals surface area contributed by atoms with Crippen molar-refractivity contribution in [2.24, 2.45) is 0 Å². The first-order valence-corrected chi connectivity index (χ1v) is 21.0. The summed E-state index contributed by atoms with van der Waals surface area (Å²) < 4.78 is 8.40. The predicted molar refractivity (Wildman–Crippen MR) is 253 cm³/mol. The lowest BCUT2D eigenvalue weighted by atomic mass is 10.0. The standard InChI is InChI=1S/C55H34N8O/c1-5-13-37(14-6-1)49-57-50(38-15-7-2-8-16-38)60-53(59-49)41-25-21-35(22-26-41)43-29-31-45-46(33-43)63-47-34-44(30-32-48(47)64-55(63)56-45)36-23-27-42(28-24-36)54-61-51(39-17-9-3-10-18-39)58-52(62-54)40-19-11-4-12-20-40/h1-34H. The van der Waals surface area contributed by atoms with Gasteiger partial charge >= 0.3 is 5.84 Å². The van der Waals surface area contributed by atoms with Crippen LogP contribution < -0.4 is 0 Å². The summed E-state index contributed by atoms with van der Waals surface area (Å²) in [6.45, 7) is 0. The van der Waals surface area contributed by atoms with Crippen molar-refractivity contribution < 1.29 is 4.42 Å². The van der Waals surface area contributed by atoms with Crippen LogP contribution in [0.4, 0.5) is 0 Å². The van der Waals surface area contributed by atoms with Gasteiger partial charge in [0.05, 0.1) is 16.6 Å². The minimum absolute atomic E-state index is 0.543. The molecule has 12 rings (SSSR count). The second-order valence-electron chi connectivity index (χ2n) is 15.4. The van der Waals surface area contributed by atoms with E-state index in [0.29, 0.717) is 40.8 Å². The van der Waals surface area contributed by atoms with Crippen molar-refractivity contribution in [3.05, 3.63) is 206 Å². The van der Waals surface area contributed by atoms with Gasteiger partial charge in [-0.25, -0.2) is 29.9 Å². The summed E-state index contributed by atoms with van der Waals surface area (Å²) in [5.74, 6) is 4.29. The molecule has 4 heterocycles. The smallest absolute Gasteiger partial charge is 0.307 e. The lowest BCUT2D eigenvalue weighted by Crippen LogP contribution is -2.00. The first-order valence-electron chi connectivity index (χ1n) is 21.0. The Morgan fingerprint density at radius 1 is 0.266 bits per heavy atom. The zero-order valence-corrected chi connectivity index (χ0v) is 34.1. The SMILES string of the molecule is c1ccc(-c2nc(-c3ccccc3)nc(-c3ccc(-c4ccc5nc6oc7ccc(-c8ccc(-c9nc(-c%10ccccc%10)nc(-c%10ccccc%10)n9)cc8)cc7n6c5c4)cc3)n2)cc1. The van der Waals surface area contributed by atoms with Crippen molar-refractivity contribution in [3.8, 4) is 90.6 Å². The molecule has 0 unspecified atom stereocenters. The molecule has 12 aromatic rings. The average molecular weight is 823 g/mol. The van der Waals surface area contributed by atoms with Gasteiger partial charge in [-0.1, -0.05) is 182 Å². The fourth-order valence-electron chi connectivity index (χ4n) is 8.09. The van der Waals surface area contributed by atoms with Crippen LogP contribution in [0.15, 0.2) is 211 Å². The van der Waals surface area contributed by atoms with E-state index in [1.807, 2.05) is 133 Å². The van der Waals surface area contributed by atoms with Gasteiger partial charge in [-0.3, -0.25) is 4.40 Å². The normalized spacial score (nSPS) is 11.4. The molecule has 64 heavy (non-hydrogen) atoms. The molecule has 9 nitrogen and oxygen atoms in total. The maximum Gasteiger partial charge on any atom is 0.307 e. The van der Waals surface area contributed by atoms with Gasteiger partial charge in [-0.15, -0.1) is 0 Å². The number of hydrogen-bond acceptors (Lipinski definition) is 8. The molecule has 0 aliphatic rings. The highest BCUT2D eigenvalue weighted by Gasteiger charge is 2.17. The zero-order valence-electron chi connectivity index (χ0n) is 34.1. The van der Waals surface area contributed by atoms with Gasteiger partial charge in [-0.2, -0.15) is 4.98 Å². The average Bonchev–Trinajstić information content (AvgIpc) is 3.93. The summed E-state index contributed by atoms with van der Waals surface area (Å²) in [7, 11) is 0. The predicted octanol–water partition coefficient (Wildman–Crippen LogP) is 12.9. The van der Waals surface area contributed by atoms with Crippen molar-refractivity contribution in [2.75, 3.05) is 0 Å². The fourth-order valence-corrected chi connectivity index (χ4v) is 8.09. The molecule has 4 aromatic heterocycles. The molecule has 0 bridgehead atoms. The molecule has 0 atom stereocenters. The van der Waals surface area contributed by atoms with E-state index in [9.17, 15) is 0 Å². The van der Waals surface area contributed by atoms with Crippen LogP contribution in [0.3, 0.4) is 0 Å². The number of nitrogens with zero attached hydrogens (tertiary/aromatic N) is 8. The summed E-state index contributed by atoms with van der Waals surface area (Å²) >= 11 is 0. The summed E-state index contributed by atoms with van der Waals surface area (Å²) in [5.41, 5.74) is 13.2. The highest BCUT2D eigenvalue weighted by molar-refractivity contribution is 5.92. The molecule has 8 aromatic carbocycles. The zero-order chi connectivity index (χ0) is 42.4. The van der Waals surface area contributed by atoms with E-state index in [1.54, 1.807) is 0 Å². The van der Waals surface area contributed by atoms with Gasteiger partial charge in [0.25, 0.3) is 0 Å². The Balaban J connectivity index is 0.872. The minimum atomic E-state index is 0.543. The van der Waals surface area contributed by atoms with E-state index in [2.05, 4.69) is 77.2 Å². The number of hydrogen-bond donors (Lipinski definition) is 0. The largest absolute Gasteiger partial charge is 0.423 e. The molecule has 0 N–H and O–H groups in total. The van der Waals surface area contributed by atoms with Gasteiger partial charge in [-0.05, 0) is 46.5 Å². The molecule has 0 aliphatic carbocycles. The molecule has 0 radical (unpaired) electrons. The number of oxazole rings is 1. The Bertz CT molecular complexity index is 3280. The van der Waals surface area contributed by atoms with Crippen molar-refractivity contribution in [2.45, 2.75) is 0 Å². The van der Waals surface area contributed by atoms with Crippen LogP contribution in [-0.2, 0) is 0 Å². The van der Waals surface area contributed by atoms with Gasteiger partial charge in [0.1, 0.15) is 0 Å². The first-order chi connectivity index (χ1) is 31.7. The lowest BCUT2D eigenvalue weighted by Gasteiger charge is -2.09. The van der Waals surface area contributed by atoms with Crippen LogP contribution in [0.5, 0.6) is 0 Å². The Morgan fingerprint density at radius 3 is 0.969 bits per heavy atom. The van der Waals surface area contributed by atoms with Crippen LogP contribution >= 0.6 is 0 Å². The Morgan fingerprint density at radius 2 is 0.578 bits per heavy atom. The van der Waals surface area contributed by atoms with Crippen LogP contribution in [0.1, 0.15) is 0 Å². The van der Waals surface area contributed by atoms with E-state index >= 15 is 0 Å². The second kappa shape index (κ2) is 15.5. The quantitative estimate of drug-likeness (QED) is 0.149. The summed E-state index contributed by atoms with van der Waals surface area (Å²) in [5, 5.41) is 0. The molecular formula is C55H34N8O. The number of fused-ring (bicyclic) bond motifs is 5. The third-order valence-electron chi connectivity index (χ3n) is 11.4. The van der Waals surface area contributed by atoms with Crippen molar-refractivity contribution in [1.82, 2.24) is 39.3 Å². The van der Waals surface area contributed by atoms with E-state index < -0.39 is 0 Å². The van der Waals surface area contributed by atoms with Crippen LogP contribution in [0.2, 0.25) is 0 Å². The molecule has 0 aliphatic heterocycles. The van der Waals surface area contributed by atoms with Crippen LogP contribution in [-0.4, -0.2) is 39.3 Å². The number of rotatable bonds is 8. The highest BCUT2D eigenvalue weighted by atomic mass is 16.4. The van der Waals surface area contributed by atoms with E-state index in [4.69, 9.17) is 39.3 Å². The summed E-state index contributed by atoms with van der Waals surface area (Å²) in [4.78, 5) is 34.2. The molecule has 0 spiro atoms. The van der Waals surface area contributed by atoms with E-state index in [1.165, 1.54) is 0 Å². The number of imidazole rings is 1. The Kier molecular flexibility index (Phi) is 8.93. The Labute approximate surface area is 367 Å². The maximum absolute atomic E-state index is 6.30. The molecule has 0 saturated heterocycles. The fraction of sp³-hybridized carbons (Fsp3) is 0. The number of aromatic nitrogens is 8. The van der Waals surface area contributed by atoms with Crippen molar-refractivity contribution in [1.29, 1.82) is 0 Å². The second-order valence-corrected chi connectivity index (χ2v) is 15.4. The highest BCUT2D eigenvalue weighted by Crippen LogP contribution is 2.34. The molecule has 0 fully saturated rings. The minimum Gasteiger partial charge on any atom is -0.423 e. The molecule has 0 saturated carbocycles. The first kappa shape index (κ1) is 36.9. The van der Waals surface area contributed by atoms with Gasteiger partial charge in [0, 0.05) is 33.4 Å².